The van der Waals surface area contributed by atoms with E-state index in [0.29, 0.717) is 0 Å². The first-order valence-corrected chi connectivity index (χ1v) is 1.63. The summed E-state index contributed by atoms with van der Waals surface area (Å²) in [5.74, 6) is 0. The van der Waals surface area contributed by atoms with Gasteiger partial charge in [0.2, 0.25) is 0 Å². The van der Waals surface area contributed by atoms with E-state index in [-0.39, 0.29) is 14.9 Å². The van der Waals surface area contributed by atoms with Crippen molar-refractivity contribution in [2.45, 2.75) is 14.9 Å². The second-order valence-electron chi connectivity index (χ2n) is 0.813. The Morgan fingerprint density at radius 2 is 2.00 bits per heavy atom. The molecule has 0 aromatic heterocycles. The maximum absolute atomic E-state index is 3.48. The van der Waals surface area contributed by atoms with Crippen LogP contribution in [0.25, 0.3) is 0 Å². The van der Waals surface area contributed by atoms with E-state index in [2.05, 4.69) is 13.6 Å². The quantitative estimate of drug-likeness (QED) is 0.393. The summed E-state index contributed by atoms with van der Waals surface area (Å²) < 4.78 is 0. The second-order valence-corrected chi connectivity index (χ2v) is 0.813. The lowest BCUT2D eigenvalue weighted by Gasteiger charge is -1.85. The highest BCUT2D eigenvalue weighted by atomic mass is 14.8. The smallest absolute Gasteiger partial charge is 0.0699 e. The maximum atomic E-state index is 3.48. The molecule has 0 unspecified atom stereocenters. The van der Waals surface area contributed by atoms with Crippen LogP contribution >= 0.6 is 0 Å². The Bertz CT molecular complexity index is 25.4. The first-order valence-electron chi connectivity index (χ1n) is 1.63. The molecule has 0 heterocycles. The van der Waals surface area contributed by atoms with E-state index in [1.807, 2.05) is 11.4 Å². The first-order chi connectivity index (χ1) is 2.41. The molecule has 0 aliphatic carbocycles. The van der Waals surface area contributed by atoms with E-state index in [1.165, 1.54) is 0 Å². The van der Waals surface area contributed by atoms with Crippen LogP contribution in [0.4, 0.5) is 0 Å². The van der Waals surface area contributed by atoms with Gasteiger partial charge in [-0.3, -0.25) is 0 Å². The summed E-state index contributed by atoms with van der Waals surface area (Å²) in [6.45, 7) is 4.40. The molecular formula is C6H17N. The minimum Gasteiger partial charge on any atom is -0.476 e. The molecule has 0 aliphatic heterocycles. The van der Waals surface area contributed by atoms with Crippen LogP contribution < -0.4 is 5.32 Å². The van der Waals surface area contributed by atoms with Gasteiger partial charge in [-0.15, -0.1) is 0 Å². The molecule has 0 rings (SSSR count). The predicted octanol–water partition coefficient (Wildman–Crippen LogP) is 0.800. The van der Waals surface area contributed by atoms with E-state index < -0.39 is 0 Å². The summed E-state index contributed by atoms with van der Waals surface area (Å²) in [4.78, 5) is 0. The molecule has 0 aliphatic rings. The van der Waals surface area contributed by atoms with Crippen molar-refractivity contribution in [3.05, 3.63) is 19.7 Å². The van der Waals surface area contributed by atoms with Crippen LogP contribution in [-0.2, 0) is 0 Å². The first kappa shape index (κ1) is 15.9. The third-order valence-corrected chi connectivity index (χ3v) is 0.333. The van der Waals surface area contributed by atoms with Crippen LogP contribution in [0.1, 0.15) is 14.9 Å². The molecule has 0 saturated carbocycles. The maximum Gasteiger partial charge on any atom is 0.0699 e. The van der Waals surface area contributed by atoms with Crippen molar-refractivity contribution in [1.82, 2.24) is 0 Å². The van der Waals surface area contributed by atoms with Crippen LogP contribution in [0.5, 0.6) is 0 Å². The molecule has 46 valence electrons. The predicted molar refractivity (Wildman–Crippen MR) is 35.8 cm³/mol. The Labute approximate surface area is 47.4 Å². The summed E-state index contributed by atoms with van der Waals surface area (Å²) in [7, 11) is 3.48. The Hall–Kier alpha value is -0.300. The Kier molecular flexibility index (Phi) is 39.2. The SMILES string of the molecule is C.C.C=CC[NH2+][CH2-]. The molecule has 0 saturated heterocycles. The molecular weight excluding hydrogens is 86.1 g/mol. The van der Waals surface area contributed by atoms with Gasteiger partial charge in [0.25, 0.3) is 0 Å². The van der Waals surface area contributed by atoms with Crippen molar-refractivity contribution in [2.24, 2.45) is 0 Å². The molecule has 0 spiro atoms. The van der Waals surface area contributed by atoms with Gasteiger partial charge in [0, 0.05) is 0 Å². The summed E-state index contributed by atoms with van der Waals surface area (Å²) in [6, 6.07) is 0. The van der Waals surface area contributed by atoms with Crippen molar-refractivity contribution >= 4 is 0 Å². The van der Waals surface area contributed by atoms with Gasteiger partial charge in [-0.25, -0.2) is 0 Å². The molecule has 0 radical (unpaired) electrons. The minimum absolute atomic E-state index is 0. The molecule has 0 fully saturated rings. The lowest BCUT2D eigenvalue weighted by molar-refractivity contribution is -0.585. The molecule has 0 aromatic rings. The zero-order valence-corrected chi connectivity index (χ0v) is 3.28. The number of hydrogen-bond acceptors (Lipinski definition) is 0. The second kappa shape index (κ2) is 17.3. The van der Waals surface area contributed by atoms with Gasteiger partial charge < -0.3 is 5.32 Å². The number of quaternary nitrogens is 1. The summed E-state index contributed by atoms with van der Waals surface area (Å²) in [6.07, 6.45) is 1.81. The average Bonchev–Trinajstić information content (AvgIpc) is 1.41. The lowest BCUT2D eigenvalue weighted by atomic mass is 10.6. The highest BCUT2D eigenvalue weighted by Crippen LogP contribution is 1.39. The van der Waals surface area contributed by atoms with Gasteiger partial charge in [0.05, 0.1) is 6.54 Å². The summed E-state index contributed by atoms with van der Waals surface area (Å²) in [5.41, 5.74) is 0. The van der Waals surface area contributed by atoms with Crippen LogP contribution in [0.3, 0.4) is 0 Å². The van der Waals surface area contributed by atoms with Gasteiger partial charge in [-0.2, -0.15) is 7.05 Å². The summed E-state index contributed by atoms with van der Waals surface area (Å²) >= 11 is 0. The molecule has 0 aromatic carbocycles. The average molecular weight is 103 g/mol. The fraction of sp³-hybridized carbons (Fsp3) is 0.500. The lowest BCUT2D eigenvalue weighted by Crippen LogP contribution is -2.76. The van der Waals surface area contributed by atoms with Crippen LogP contribution in [0.2, 0.25) is 0 Å². The largest absolute Gasteiger partial charge is 0.476 e. The van der Waals surface area contributed by atoms with E-state index in [9.17, 15) is 0 Å². The monoisotopic (exact) mass is 103 g/mol. The summed E-state index contributed by atoms with van der Waals surface area (Å²) in [5, 5.41) is 1.81. The van der Waals surface area contributed by atoms with E-state index >= 15 is 0 Å². The van der Waals surface area contributed by atoms with Crippen molar-refractivity contribution in [3.8, 4) is 0 Å². The van der Waals surface area contributed by atoms with Gasteiger partial charge in [0.1, 0.15) is 0 Å². The molecule has 1 nitrogen and oxygen atoms in total. The van der Waals surface area contributed by atoms with Crippen molar-refractivity contribution in [3.63, 3.8) is 0 Å². The molecule has 0 amide bonds. The Morgan fingerprint density at radius 3 is 2.00 bits per heavy atom. The molecule has 0 atom stereocenters. The number of rotatable bonds is 2. The zero-order valence-electron chi connectivity index (χ0n) is 3.28. The fourth-order valence-electron chi connectivity index (χ4n) is 0.118. The van der Waals surface area contributed by atoms with Crippen molar-refractivity contribution < 1.29 is 5.32 Å². The standard InChI is InChI=1S/C4H9N.2CH4/c1-3-4-5-2;;/h3H,1-2,4-5H2;2*1H4. The van der Waals surface area contributed by atoms with Gasteiger partial charge in [0.15, 0.2) is 0 Å². The van der Waals surface area contributed by atoms with Crippen molar-refractivity contribution in [2.75, 3.05) is 6.54 Å². The normalized spacial score (nSPS) is 5.29. The van der Waals surface area contributed by atoms with Gasteiger partial charge in [-0.05, 0) is 6.08 Å². The highest BCUT2D eigenvalue weighted by Gasteiger charge is 1.55. The molecule has 2 N–H and O–H groups in total. The minimum atomic E-state index is 0. The molecule has 7 heavy (non-hydrogen) atoms. The third-order valence-electron chi connectivity index (χ3n) is 0.333. The Morgan fingerprint density at radius 1 is 1.57 bits per heavy atom. The van der Waals surface area contributed by atoms with Crippen molar-refractivity contribution in [1.29, 1.82) is 0 Å². The van der Waals surface area contributed by atoms with Crippen LogP contribution in [0, 0.1) is 7.05 Å². The van der Waals surface area contributed by atoms with E-state index in [1.54, 1.807) is 0 Å². The Balaban J connectivity index is -0.0000000800. The van der Waals surface area contributed by atoms with Gasteiger partial charge >= 0.3 is 0 Å². The molecule has 1 heteroatoms. The topological polar surface area (TPSA) is 16.6 Å². The third kappa shape index (κ3) is 27.0. The number of nitrogens with two attached hydrogens (primary N) is 1. The van der Waals surface area contributed by atoms with Crippen LogP contribution in [0.15, 0.2) is 12.7 Å². The van der Waals surface area contributed by atoms with Gasteiger partial charge in [-0.1, -0.05) is 21.4 Å². The fourth-order valence-corrected chi connectivity index (χ4v) is 0.118. The number of hydrogen-bond donors (Lipinski definition) is 1. The highest BCUT2D eigenvalue weighted by molar-refractivity contribution is 4.60. The molecule has 0 bridgehead atoms. The van der Waals surface area contributed by atoms with E-state index in [4.69, 9.17) is 0 Å². The van der Waals surface area contributed by atoms with E-state index in [0.717, 1.165) is 6.54 Å². The zero-order chi connectivity index (χ0) is 4.12. The van der Waals surface area contributed by atoms with Crippen LogP contribution in [-0.4, -0.2) is 6.54 Å².